The van der Waals surface area contributed by atoms with Crippen LogP contribution in [0.4, 0.5) is 0 Å². The largest absolute Gasteiger partial charge is 0.387 e. The smallest absolute Gasteiger partial charge is 0.0283 e. The molecule has 76 valence electrons. The van der Waals surface area contributed by atoms with Crippen molar-refractivity contribution in [1.29, 1.82) is 0 Å². The summed E-state index contributed by atoms with van der Waals surface area (Å²) < 4.78 is 0. The first-order valence-corrected chi connectivity index (χ1v) is 5.04. The molecule has 0 radical (unpaired) electrons. The first-order chi connectivity index (χ1) is 6.58. The maximum Gasteiger partial charge on any atom is 0.0283 e. The lowest BCUT2D eigenvalue weighted by molar-refractivity contribution is 0.490. The van der Waals surface area contributed by atoms with Gasteiger partial charge in [0.2, 0.25) is 0 Å². The van der Waals surface area contributed by atoms with E-state index in [2.05, 4.69) is 56.4 Å². The van der Waals surface area contributed by atoms with E-state index in [4.69, 9.17) is 0 Å². The van der Waals surface area contributed by atoms with Gasteiger partial charge in [0, 0.05) is 5.54 Å². The van der Waals surface area contributed by atoms with Crippen molar-refractivity contribution < 1.29 is 0 Å². The van der Waals surface area contributed by atoms with E-state index < -0.39 is 0 Å². The van der Waals surface area contributed by atoms with Crippen LogP contribution in [0.2, 0.25) is 0 Å². The van der Waals surface area contributed by atoms with Gasteiger partial charge in [-0.2, -0.15) is 0 Å². The highest BCUT2D eigenvalue weighted by atomic mass is 14.9. The summed E-state index contributed by atoms with van der Waals surface area (Å²) >= 11 is 0. The quantitative estimate of drug-likeness (QED) is 0.770. The zero-order chi connectivity index (χ0) is 10.4. The summed E-state index contributed by atoms with van der Waals surface area (Å²) in [6.45, 7) is 6.46. The van der Waals surface area contributed by atoms with Crippen LogP contribution in [0.3, 0.4) is 0 Å². The Balaban J connectivity index is 2.35. The number of benzene rings is 1. The molecule has 0 aromatic heterocycles. The van der Waals surface area contributed by atoms with Crippen LogP contribution in [-0.2, 0) is 6.42 Å². The highest BCUT2D eigenvalue weighted by Crippen LogP contribution is 2.01. The zero-order valence-electron chi connectivity index (χ0n) is 9.25. The average molecular weight is 189 g/mol. The standard InChI is InChI=1S/C13H19N/c1-13(2,3)14-11-7-10-12-8-5-4-6-9-12/h4-9,11,14H,10H2,1-3H3. The van der Waals surface area contributed by atoms with Crippen molar-refractivity contribution in [3.8, 4) is 0 Å². The third-order valence-corrected chi connectivity index (χ3v) is 1.83. The molecule has 0 amide bonds. The molecular formula is C13H19N. The molecule has 14 heavy (non-hydrogen) atoms. The van der Waals surface area contributed by atoms with Crippen molar-refractivity contribution in [3.63, 3.8) is 0 Å². The van der Waals surface area contributed by atoms with Crippen LogP contribution in [0.5, 0.6) is 0 Å². The first kappa shape index (κ1) is 10.8. The minimum Gasteiger partial charge on any atom is -0.387 e. The van der Waals surface area contributed by atoms with Gasteiger partial charge >= 0.3 is 0 Å². The molecule has 0 aliphatic rings. The fourth-order valence-corrected chi connectivity index (χ4v) is 1.12. The van der Waals surface area contributed by atoms with Crippen molar-refractivity contribution in [2.75, 3.05) is 0 Å². The Hall–Kier alpha value is -1.24. The summed E-state index contributed by atoms with van der Waals surface area (Å²) in [5, 5.41) is 3.31. The van der Waals surface area contributed by atoms with Gasteiger partial charge in [-0.05, 0) is 39.0 Å². The van der Waals surface area contributed by atoms with E-state index in [-0.39, 0.29) is 5.54 Å². The van der Waals surface area contributed by atoms with E-state index in [9.17, 15) is 0 Å². The Morgan fingerprint density at radius 3 is 2.36 bits per heavy atom. The van der Waals surface area contributed by atoms with E-state index in [1.165, 1.54) is 5.56 Å². The van der Waals surface area contributed by atoms with Crippen LogP contribution >= 0.6 is 0 Å². The summed E-state index contributed by atoms with van der Waals surface area (Å²) in [5.74, 6) is 0. The highest BCUT2D eigenvalue weighted by Gasteiger charge is 2.03. The van der Waals surface area contributed by atoms with Crippen LogP contribution in [0.1, 0.15) is 26.3 Å². The Bertz CT molecular complexity index is 280. The molecule has 0 saturated carbocycles. The number of hydrogen-bond donors (Lipinski definition) is 1. The Morgan fingerprint density at radius 1 is 1.14 bits per heavy atom. The molecule has 1 aromatic carbocycles. The Kier molecular flexibility index (Phi) is 3.75. The van der Waals surface area contributed by atoms with Crippen molar-refractivity contribution in [3.05, 3.63) is 48.2 Å². The topological polar surface area (TPSA) is 12.0 Å². The molecule has 1 aromatic rings. The normalized spacial score (nSPS) is 11.9. The second-order valence-electron chi connectivity index (χ2n) is 4.49. The molecule has 1 nitrogen and oxygen atoms in total. The van der Waals surface area contributed by atoms with E-state index in [0.717, 1.165) is 6.42 Å². The van der Waals surface area contributed by atoms with Crippen LogP contribution in [-0.4, -0.2) is 5.54 Å². The molecular weight excluding hydrogens is 170 g/mol. The van der Waals surface area contributed by atoms with Crippen LogP contribution in [0.25, 0.3) is 0 Å². The third-order valence-electron chi connectivity index (χ3n) is 1.83. The number of hydrogen-bond acceptors (Lipinski definition) is 1. The minimum absolute atomic E-state index is 0.160. The molecule has 0 saturated heterocycles. The lowest BCUT2D eigenvalue weighted by Gasteiger charge is -2.18. The van der Waals surface area contributed by atoms with Gasteiger partial charge in [-0.15, -0.1) is 0 Å². The van der Waals surface area contributed by atoms with Crippen molar-refractivity contribution >= 4 is 0 Å². The SMILES string of the molecule is CC(C)(C)NC=CCc1ccccc1. The average Bonchev–Trinajstić information content (AvgIpc) is 2.13. The summed E-state index contributed by atoms with van der Waals surface area (Å²) in [6, 6.07) is 10.5. The second kappa shape index (κ2) is 4.85. The molecule has 1 rings (SSSR count). The van der Waals surface area contributed by atoms with Crippen LogP contribution in [0, 0.1) is 0 Å². The minimum atomic E-state index is 0.160. The summed E-state index contributed by atoms with van der Waals surface area (Å²) in [4.78, 5) is 0. The van der Waals surface area contributed by atoms with Crippen LogP contribution < -0.4 is 5.32 Å². The predicted molar refractivity (Wildman–Crippen MR) is 62.2 cm³/mol. The molecule has 0 bridgehead atoms. The molecule has 0 atom stereocenters. The predicted octanol–water partition coefficient (Wildman–Crippen LogP) is 3.13. The van der Waals surface area contributed by atoms with Gasteiger partial charge in [0.15, 0.2) is 0 Å². The van der Waals surface area contributed by atoms with Gasteiger partial charge in [-0.1, -0.05) is 36.4 Å². The molecule has 0 fully saturated rings. The summed E-state index contributed by atoms with van der Waals surface area (Å²) in [6.07, 6.45) is 5.18. The molecule has 0 spiro atoms. The van der Waals surface area contributed by atoms with Crippen molar-refractivity contribution in [2.24, 2.45) is 0 Å². The lowest BCUT2D eigenvalue weighted by Crippen LogP contribution is -2.30. The Morgan fingerprint density at radius 2 is 1.79 bits per heavy atom. The van der Waals surface area contributed by atoms with Gasteiger partial charge in [-0.25, -0.2) is 0 Å². The van der Waals surface area contributed by atoms with E-state index in [1.54, 1.807) is 0 Å². The van der Waals surface area contributed by atoms with Gasteiger partial charge in [-0.3, -0.25) is 0 Å². The molecule has 0 heterocycles. The van der Waals surface area contributed by atoms with E-state index in [0.29, 0.717) is 0 Å². The molecule has 1 heteroatoms. The van der Waals surface area contributed by atoms with Gasteiger partial charge in [0.25, 0.3) is 0 Å². The first-order valence-electron chi connectivity index (χ1n) is 5.04. The Labute approximate surface area is 86.8 Å². The van der Waals surface area contributed by atoms with Gasteiger partial charge < -0.3 is 5.32 Å². The highest BCUT2D eigenvalue weighted by molar-refractivity contribution is 5.17. The third kappa shape index (κ3) is 4.70. The molecule has 0 aliphatic heterocycles. The zero-order valence-corrected chi connectivity index (χ0v) is 9.25. The van der Waals surface area contributed by atoms with Crippen molar-refractivity contribution in [1.82, 2.24) is 5.32 Å². The molecule has 0 aliphatic carbocycles. The van der Waals surface area contributed by atoms with E-state index in [1.807, 2.05) is 12.3 Å². The molecule has 1 N–H and O–H groups in total. The summed E-state index contributed by atoms with van der Waals surface area (Å²) in [7, 11) is 0. The lowest BCUT2D eigenvalue weighted by atomic mass is 10.1. The maximum absolute atomic E-state index is 3.31. The number of rotatable bonds is 3. The number of allylic oxidation sites excluding steroid dienone is 1. The number of nitrogens with one attached hydrogen (secondary N) is 1. The van der Waals surface area contributed by atoms with Crippen molar-refractivity contribution in [2.45, 2.75) is 32.7 Å². The monoisotopic (exact) mass is 189 g/mol. The fourth-order valence-electron chi connectivity index (χ4n) is 1.12. The molecule has 0 unspecified atom stereocenters. The van der Waals surface area contributed by atoms with E-state index >= 15 is 0 Å². The van der Waals surface area contributed by atoms with Gasteiger partial charge in [0.05, 0.1) is 0 Å². The fraction of sp³-hybridized carbons (Fsp3) is 0.385. The van der Waals surface area contributed by atoms with Crippen LogP contribution in [0.15, 0.2) is 42.6 Å². The maximum atomic E-state index is 3.31. The summed E-state index contributed by atoms with van der Waals surface area (Å²) in [5.41, 5.74) is 1.51. The van der Waals surface area contributed by atoms with Gasteiger partial charge in [0.1, 0.15) is 0 Å². The second-order valence-corrected chi connectivity index (χ2v) is 4.49.